The summed E-state index contributed by atoms with van der Waals surface area (Å²) in [6.07, 6.45) is 0. The van der Waals surface area contributed by atoms with Gasteiger partial charge in [-0.05, 0) is 23.8 Å². The number of halogens is 1. The van der Waals surface area contributed by atoms with E-state index in [0.29, 0.717) is 10.8 Å². The van der Waals surface area contributed by atoms with E-state index in [-0.39, 0.29) is 0 Å². The van der Waals surface area contributed by atoms with Crippen LogP contribution in [0.25, 0.3) is 11.3 Å². The Morgan fingerprint density at radius 3 is 2.55 bits per heavy atom. The Morgan fingerprint density at radius 2 is 1.77 bits per heavy atom. The lowest BCUT2D eigenvalue weighted by Crippen LogP contribution is -2.48. The van der Waals surface area contributed by atoms with Crippen LogP contribution in [0.2, 0.25) is 5.02 Å². The summed E-state index contributed by atoms with van der Waals surface area (Å²) in [4.78, 5) is 0. The number of hydrogen-bond donors (Lipinski definition) is 4. The van der Waals surface area contributed by atoms with E-state index in [1.54, 1.807) is 0 Å². The van der Waals surface area contributed by atoms with Crippen LogP contribution in [-0.2, 0) is 5.66 Å². The number of anilines is 2. The van der Waals surface area contributed by atoms with Gasteiger partial charge in [0.2, 0.25) is 0 Å². The average Bonchev–Trinajstić information content (AvgIpc) is 2.91. The number of aromatic nitrogens is 2. The largest absolute Gasteiger partial charge is 0.382 e. The molecule has 2 heterocycles. The number of aromatic amines is 1. The van der Waals surface area contributed by atoms with Gasteiger partial charge in [0.1, 0.15) is 5.66 Å². The molecule has 6 N–H and O–H groups in total. The number of rotatable bonds is 1. The Balaban J connectivity index is 1.99. The molecule has 6 heteroatoms. The average molecular weight is 312 g/mol. The summed E-state index contributed by atoms with van der Waals surface area (Å²) in [5, 5.41) is 11.2. The lowest BCUT2D eigenvalue weighted by Gasteiger charge is -2.37. The molecule has 22 heavy (non-hydrogen) atoms. The van der Waals surface area contributed by atoms with Crippen molar-refractivity contribution in [3.05, 3.63) is 64.7 Å². The molecule has 0 saturated heterocycles. The van der Waals surface area contributed by atoms with Crippen LogP contribution in [0.15, 0.2) is 48.5 Å². The second kappa shape index (κ2) is 4.50. The topological polar surface area (TPSA) is 92.8 Å². The molecular formula is C16H14ClN5. The number of nitrogens with one attached hydrogen (secondary N) is 2. The van der Waals surface area contributed by atoms with Crippen LogP contribution >= 0.6 is 11.6 Å². The van der Waals surface area contributed by atoms with Gasteiger partial charge in [-0.3, -0.25) is 5.10 Å². The Hall–Kier alpha value is -2.50. The van der Waals surface area contributed by atoms with Crippen LogP contribution < -0.4 is 16.8 Å². The maximum atomic E-state index is 6.71. The van der Waals surface area contributed by atoms with E-state index in [4.69, 9.17) is 23.1 Å². The summed E-state index contributed by atoms with van der Waals surface area (Å²) in [6, 6.07) is 15.3. The third-order valence-corrected chi connectivity index (χ3v) is 4.27. The van der Waals surface area contributed by atoms with Gasteiger partial charge in [-0.25, -0.2) is 0 Å². The van der Waals surface area contributed by atoms with E-state index < -0.39 is 5.66 Å². The second-order valence-electron chi connectivity index (χ2n) is 5.34. The van der Waals surface area contributed by atoms with Gasteiger partial charge in [-0.1, -0.05) is 41.9 Å². The van der Waals surface area contributed by atoms with E-state index in [2.05, 4.69) is 15.5 Å². The first-order valence-electron chi connectivity index (χ1n) is 6.86. The maximum absolute atomic E-state index is 6.71. The first-order chi connectivity index (χ1) is 10.6. The van der Waals surface area contributed by atoms with E-state index in [0.717, 1.165) is 28.1 Å². The van der Waals surface area contributed by atoms with Crippen molar-refractivity contribution in [2.45, 2.75) is 5.66 Å². The number of nitrogen functional groups attached to an aromatic ring is 1. The molecule has 0 radical (unpaired) electrons. The van der Waals surface area contributed by atoms with Crippen LogP contribution in [0.1, 0.15) is 11.1 Å². The molecule has 0 saturated carbocycles. The van der Waals surface area contributed by atoms with Crippen molar-refractivity contribution >= 4 is 23.1 Å². The molecule has 110 valence electrons. The highest BCUT2D eigenvalue weighted by atomic mass is 35.5. The molecule has 1 aliphatic rings. The van der Waals surface area contributed by atoms with Crippen molar-refractivity contribution in [3.63, 3.8) is 0 Å². The summed E-state index contributed by atoms with van der Waals surface area (Å²) in [5.74, 6) is 0.384. The molecule has 3 aromatic rings. The third-order valence-electron chi connectivity index (χ3n) is 4.02. The Kier molecular flexibility index (Phi) is 2.69. The molecule has 5 nitrogen and oxygen atoms in total. The number of hydrogen-bond acceptors (Lipinski definition) is 4. The molecule has 4 rings (SSSR count). The molecule has 0 fully saturated rings. The summed E-state index contributed by atoms with van der Waals surface area (Å²) in [6.45, 7) is 0. The minimum absolute atomic E-state index is 0.384. The summed E-state index contributed by atoms with van der Waals surface area (Å²) in [7, 11) is 0. The van der Waals surface area contributed by atoms with Gasteiger partial charge in [-0.2, -0.15) is 5.10 Å². The van der Waals surface area contributed by atoms with Crippen LogP contribution in [0, 0.1) is 0 Å². The SMILES string of the molecule is Nc1n[nH]c2c1C(N)(c1ccc(Cl)cc1)Nc1ccccc1-2. The van der Waals surface area contributed by atoms with E-state index in [9.17, 15) is 0 Å². The number of H-pyrrole nitrogens is 1. The van der Waals surface area contributed by atoms with Crippen LogP contribution in [0.5, 0.6) is 0 Å². The fourth-order valence-electron chi connectivity index (χ4n) is 2.96. The minimum Gasteiger partial charge on any atom is -0.382 e. The van der Waals surface area contributed by atoms with Gasteiger partial charge in [0, 0.05) is 16.3 Å². The van der Waals surface area contributed by atoms with Crippen molar-refractivity contribution in [2.24, 2.45) is 5.73 Å². The summed E-state index contributed by atoms with van der Waals surface area (Å²) in [5.41, 5.74) is 16.2. The fraction of sp³-hybridized carbons (Fsp3) is 0.0625. The quantitative estimate of drug-likeness (QED) is 0.556. The molecule has 1 aromatic heterocycles. The van der Waals surface area contributed by atoms with E-state index in [1.807, 2.05) is 48.5 Å². The molecule has 0 aliphatic carbocycles. The lowest BCUT2D eigenvalue weighted by molar-refractivity contribution is 0.621. The number of nitrogens with two attached hydrogens (primary N) is 2. The zero-order valence-corrected chi connectivity index (χ0v) is 12.4. The van der Waals surface area contributed by atoms with Crippen molar-refractivity contribution in [1.82, 2.24) is 10.2 Å². The second-order valence-corrected chi connectivity index (χ2v) is 5.78. The number of nitrogens with zero attached hydrogens (tertiary/aromatic N) is 1. The first kappa shape index (κ1) is 13.2. The van der Waals surface area contributed by atoms with Gasteiger partial charge in [0.25, 0.3) is 0 Å². The number of para-hydroxylation sites is 1. The van der Waals surface area contributed by atoms with Crippen LogP contribution in [0.3, 0.4) is 0 Å². The van der Waals surface area contributed by atoms with Crippen molar-refractivity contribution in [1.29, 1.82) is 0 Å². The Labute approximate surface area is 132 Å². The van der Waals surface area contributed by atoms with Gasteiger partial charge < -0.3 is 16.8 Å². The van der Waals surface area contributed by atoms with Gasteiger partial charge >= 0.3 is 0 Å². The number of fused-ring (bicyclic) bond motifs is 3. The summed E-state index contributed by atoms with van der Waals surface area (Å²) >= 11 is 5.98. The van der Waals surface area contributed by atoms with Crippen LogP contribution in [-0.4, -0.2) is 10.2 Å². The van der Waals surface area contributed by atoms with Crippen molar-refractivity contribution in [2.75, 3.05) is 11.1 Å². The van der Waals surface area contributed by atoms with Gasteiger partial charge in [0.05, 0.1) is 11.3 Å². The molecule has 0 amide bonds. The van der Waals surface area contributed by atoms with Crippen molar-refractivity contribution < 1.29 is 0 Å². The van der Waals surface area contributed by atoms with E-state index in [1.165, 1.54) is 0 Å². The molecule has 1 unspecified atom stereocenters. The highest BCUT2D eigenvalue weighted by molar-refractivity contribution is 6.30. The normalized spacial score (nSPS) is 19.2. The predicted octanol–water partition coefficient (Wildman–Crippen LogP) is 2.90. The first-order valence-corrected chi connectivity index (χ1v) is 7.24. The molecule has 2 aromatic carbocycles. The molecule has 0 bridgehead atoms. The molecule has 1 aliphatic heterocycles. The van der Waals surface area contributed by atoms with Gasteiger partial charge in [0.15, 0.2) is 5.82 Å². The highest BCUT2D eigenvalue weighted by Crippen LogP contribution is 2.45. The summed E-state index contributed by atoms with van der Waals surface area (Å²) < 4.78 is 0. The zero-order valence-electron chi connectivity index (χ0n) is 11.6. The predicted molar refractivity (Wildman–Crippen MR) is 88.5 cm³/mol. The Morgan fingerprint density at radius 1 is 1.05 bits per heavy atom. The van der Waals surface area contributed by atoms with E-state index >= 15 is 0 Å². The maximum Gasteiger partial charge on any atom is 0.153 e. The van der Waals surface area contributed by atoms with Gasteiger partial charge in [-0.15, -0.1) is 0 Å². The molecular weight excluding hydrogens is 298 g/mol. The zero-order chi connectivity index (χ0) is 15.3. The standard InChI is InChI=1S/C16H14ClN5/c17-10-7-5-9(6-8-10)16(19)13-14(21-22-15(13)18)11-3-1-2-4-12(11)20-16/h1-8,20H,19H2,(H3,18,21,22). The smallest absolute Gasteiger partial charge is 0.153 e. The highest BCUT2D eigenvalue weighted by Gasteiger charge is 2.40. The van der Waals surface area contributed by atoms with Crippen LogP contribution in [0.4, 0.5) is 11.5 Å². The van der Waals surface area contributed by atoms with Crippen molar-refractivity contribution in [3.8, 4) is 11.3 Å². The molecule has 1 atom stereocenters. The number of benzene rings is 2. The lowest BCUT2D eigenvalue weighted by atomic mass is 9.85. The monoisotopic (exact) mass is 311 g/mol. The molecule has 0 spiro atoms. The fourth-order valence-corrected chi connectivity index (χ4v) is 3.09. The third kappa shape index (κ3) is 1.73. The Bertz CT molecular complexity index is 855. The minimum atomic E-state index is -0.967.